The molecule has 0 rings (SSSR count). The SMILES string of the molecule is CC/C=C\C/C=C\C/C=C\C/C=C\C/C=C\C/C=C\C/C=C\C/C=C\C/C=C\CCCCCCCC(=O)OC(COC(=O)CCCCCCCCCCCCCCCCCCCCCCCCCCCCC/C=C\CCCCCCCCCC)COP(=O)(O)OCCN. The van der Waals surface area contributed by atoms with Crippen molar-refractivity contribution in [2.75, 3.05) is 26.4 Å². The second-order valence-electron chi connectivity index (χ2n) is 25.8. The first-order valence-electron chi connectivity index (χ1n) is 39.0. The second-order valence-corrected chi connectivity index (χ2v) is 27.3. The number of nitrogens with two attached hydrogens (primary N) is 1. The molecule has 0 heterocycles. The van der Waals surface area contributed by atoms with Crippen molar-refractivity contribution in [3.8, 4) is 0 Å². The summed E-state index contributed by atoms with van der Waals surface area (Å²) >= 11 is 0. The van der Waals surface area contributed by atoms with Gasteiger partial charge in [-0.25, -0.2) is 4.57 Å². The van der Waals surface area contributed by atoms with E-state index in [1.807, 2.05) is 0 Å². The Labute approximate surface area is 574 Å². The van der Waals surface area contributed by atoms with Gasteiger partial charge in [-0.15, -0.1) is 0 Å². The van der Waals surface area contributed by atoms with Crippen LogP contribution in [-0.2, 0) is 32.7 Å². The van der Waals surface area contributed by atoms with Gasteiger partial charge in [-0.05, 0) is 109 Å². The molecule has 9 nitrogen and oxygen atoms in total. The van der Waals surface area contributed by atoms with Crippen molar-refractivity contribution in [1.82, 2.24) is 0 Å². The van der Waals surface area contributed by atoms with E-state index in [1.54, 1.807) is 0 Å². The molecule has 0 saturated carbocycles. The van der Waals surface area contributed by atoms with Crippen LogP contribution < -0.4 is 5.73 Å². The number of hydrogen-bond donors (Lipinski definition) is 2. The van der Waals surface area contributed by atoms with Gasteiger partial charge in [-0.1, -0.05) is 360 Å². The summed E-state index contributed by atoms with van der Waals surface area (Å²) in [7, 11) is -4.41. The third kappa shape index (κ3) is 77.3. The Bertz CT molecular complexity index is 1950. The highest BCUT2D eigenvalue weighted by Gasteiger charge is 2.26. The lowest BCUT2D eigenvalue weighted by Gasteiger charge is -2.19. The minimum Gasteiger partial charge on any atom is -0.462 e. The zero-order chi connectivity index (χ0) is 67.2. The van der Waals surface area contributed by atoms with Crippen LogP contribution in [0.1, 0.15) is 361 Å². The normalized spacial score (nSPS) is 13.5. The summed E-state index contributed by atoms with van der Waals surface area (Å²) in [5.41, 5.74) is 5.41. The highest BCUT2D eigenvalue weighted by Crippen LogP contribution is 2.43. The number of hydrogen-bond acceptors (Lipinski definition) is 8. The van der Waals surface area contributed by atoms with Crippen LogP contribution >= 0.6 is 7.82 Å². The third-order valence-electron chi connectivity index (χ3n) is 16.8. The zero-order valence-electron chi connectivity index (χ0n) is 60.5. The van der Waals surface area contributed by atoms with Gasteiger partial charge in [-0.3, -0.25) is 18.6 Å². The first kappa shape index (κ1) is 89.4. The molecule has 0 spiro atoms. The highest BCUT2D eigenvalue weighted by molar-refractivity contribution is 7.47. The predicted octanol–water partition coefficient (Wildman–Crippen LogP) is 26.2. The molecule has 0 aromatic rings. The molecule has 10 heteroatoms. The van der Waals surface area contributed by atoms with E-state index in [9.17, 15) is 19.0 Å². The topological polar surface area (TPSA) is 134 Å². The lowest BCUT2D eigenvalue weighted by molar-refractivity contribution is -0.161. The number of rotatable bonds is 73. The van der Waals surface area contributed by atoms with Crippen LogP contribution in [0, 0.1) is 0 Å². The average molecular weight is 1320 g/mol. The molecule has 0 fully saturated rings. The van der Waals surface area contributed by atoms with Gasteiger partial charge in [0.15, 0.2) is 6.10 Å². The van der Waals surface area contributed by atoms with Crippen LogP contribution in [0.2, 0.25) is 0 Å². The molecule has 93 heavy (non-hydrogen) atoms. The number of ether oxygens (including phenoxy) is 2. The van der Waals surface area contributed by atoms with Crippen LogP contribution in [0.15, 0.2) is 122 Å². The van der Waals surface area contributed by atoms with E-state index < -0.39 is 26.5 Å². The molecule has 0 bridgehead atoms. The Morgan fingerprint density at radius 1 is 0.333 bits per heavy atom. The fourth-order valence-electron chi connectivity index (χ4n) is 11.1. The van der Waals surface area contributed by atoms with Gasteiger partial charge in [0.05, 0.1) is 13.2 Å². The molecule has 0 aromatic heterocycles. The molecular weight excluding hydrogens is 1170 g/mol. The maximum atomic E-state index is 12.8. The molecule has 0 aliphatic carbocycles. The lowest BCUT2D eigenvalue weighted by Crippen LogP contribution is -2.29. The van der Waals surface area contributed by atoms with E-state index in [1.165, 1.54) is 218 Å². The van der Waals surface area contributed by atoms with Crippen molar-refractivity contribution in [3.63, 3.8) is 0 Å². The quantitative estimate of drug-likeness (QED) is 0.0264. The van der Waals surface area contributed by atoms with Gasteiger partial charge in [-0.2, -0.15) is 0 Å². The number of phosphoric ester groups is 1. The number of carbonyl (C=O) groups is 2. The van der Waals surface area contributed by atoms with Crippen LogP contribution in [0.3, 0.4) is 0 Å². The Morgan fingerprint density at radius 2 is 0.591 bits per heavy atom. The molecular formula is C83H146NO8P. The van der Waals surface area contributed by atoms with Crippen LogP contribution in [0.4, 0.5) is 0 Å². The average Bonchev–Trinajstić information content (AvgIpc) is 3.32. The van der Waals surface area contributed by atoms with Crippen molar-refractivity contribution < 1.29 is 37.6 Å². The number of unbranched alkanes of at least 4 members (excludes halogenated alkanes) is 40. The van der Waals surface area contributed by atoms with Crippen LogP contribution in [0.25, 0.3) is 0 Å². The third-order valence-corrected chi connectivity index (χ3v) is 17.8. The molecule has 0 aliphatic rings. The molecule has 536 valence electrons. The van der Waals surface area contributed by atoms with Gasteiger partial charge in [0.2, 0.25) is 0 Å². The van der Waals surface area contributed by atoms with Gasteiger partial charge in [0.1, 0.15) is 6.61 Å². The number of carbonyl (C=O) groups excluding carboxylic acids is 2. The molecule has 0 aromatic carbocycles. The molecule has 2 atom stereocenters. The molecule has 0 radical (unpaired) electrons. The van der Waals surface area contributed by atoms with E-state index in [4.69, 9.17) is 24.3 Å². The van der Waals surface area contributed by atoms with Crippen molar-refractivity contribution in [2.45, 2.75) is 367 Å². The van der Waals surface area contributed by atoms with Crippen molar-refractivity contribution in [3.05, 3.63) is 122 Å². The Kier molecular flexibility index (Phi) is 74.4. The van der Waals surface area contributed by atoms with E-state index in [2.05, 4.69) is 135 Å². The van der Waals surface area contributed by atoms with E-state index in [0.29, 0.717) is 6.42 Å². The Balaban J connectivity index is 3.86. The monoisotopic (exact) mass is 1320 g/mol. The fourth-order valence-corrected chi connectivity index (χ4v) is 11.9. The summed E-state index contributed by atoms with van der Waals surface area (Å²) in [4.78, 5) is 35.4. The summed E-state index contributed by atoms with van der Waals surface area (Å²) in [6, 6.07) is 0. The van der Waals surface area contributed by atoms with Gasteiger partial charge >= 0.3 is 19.8 Å². The summed E-state index contributed by atoms with van der Waals surface area (Å²) in [6.07, 6.45) is 109. The molecule has 0 amide bonds. The molecule has 0 saturated heterocycles. The predicted molar refractivity (Wildman–Crippen MR) is 404 cm³/mol. The summed E-state index contributed by atoms with van der Waals surface area (Å²) in [5, 5.41) is 0. The second kappa shape index (κ2) is 77.4. The maximum Gasteiger partial charge on any atom is 0.472 e. The zero-order valence-corrected chi connectivity index (χ0v) is 61.4. The summed E-state index contributed by atoms with van der Waals surface area (Å²) in [5.74, 6) is -0.844. The lowest BCUT2D eigenvalue weighted by atomic mass is 10.0. The largest absolute Gasteiger partial charge is 0.472 e. The minimum atomic E-state index is -4.41. The minimum absolute atomic E-state index is 0.0454. The van der Waals surface area contributed by atoms with Crippen molar-refractivity contribution >= 4 is 19.8 Å². The molecule has 0 aliphatic heterocycles. The first-order chi connectivity index (χ1) is 45.8. The van der Waals surface area contributed by atoms with Gasteiger partial charge in [0, 0.05) is 19.4 Å². The van der Waals surface area contributed by atoms with Crippen molar-refractivity contribution in [2.24, 2.45) is 5.73 Å². The van der Waals surface area contributed by atoms with E-state index in [-0.39, 0.29) is 38.6 Å². The van der Waals surface area contributed by atoms with Crippen molar-refractivity contribution in [1.29, 1.82) is 0 Å². The number of phosphoric acid groups is 1. The van der Waals surface area contributed by atoms with Crippen LogP contribution in [-0.4, -0.2) is 49.3 Å². The Hall–Kier alpha value is -3.59. The molecule has 3 N–H and O–H groups in total. The Morgan fingerprint density at radius 3 is 0.892 bits per heavy atom. The number of esters is 2. The number of allylic oxidation sites excluding steroid dienone is 20. The standard InChI is InChI=1S/C83H146NO8P/c1-3-5-7-9-11-13-15-17-19-21-23-25-27-29-31-33-35-37-38-39-40-41-42-44-45-47-49-51-53-55-57-59-61-63-65-67-69-71-73-75-82(85)89-79-81(80-91-93(87,88)90-78-77-84)92-83(86)76-74-72-70-68-66-64-62-60-58-56-54-52-50-48-46-43-36-34-32-30-28-26-24-22-20-18-16-14-12-10-8-6-4-2/h6,8,12,14,18,20-21,23-24,26,30,32,36,43,48,50,54,56,60,62,81H,3-5,7,9-11,13,15-17,19,22,25,27-29,31,33-35,37-42,44-47,49,51-53,55,57-59,61,63-80,84H2,1-2H3,(H,87,88)/b8-6-,14-12-,20-18-,23-21-,26-24-,32-30-,43-36-,50-48-,56-54-,62-60-. The first-order valence-corrected chi connectivity index (χ1v) is 40.5. The van der Waals surface area contributed by atoms with Gasteiger partial charge in [0.25, 0.3) is 0 Å². The van der Waals surface area contributed by atoms with E-state index >= 15 is 0 Å². The smallest absolute Gasteiger partial charge is 0.462 e. The van der Waals surface area contributed by atoms with E-state index in [0.717, 1.165) is 109 Å². The maximum absolute atomic E-state index is 12.8. The summed E-state index contributed by atoms with van der Waals surface area (Å²) in [6.45, 7) is 3.64. The highest BCUT2D eigenvalue weighted by atomic mass is 31.2. The fraction of sp³-hybridized carbons (Fsp3) is 0.735. The summed E-state index contributed by atoms with van der Waals surface area (Å²) < 4.78 is 33.2. The molecule has 2 unspecified atom stereocenters. The van der Waals surface area contributed by atoms with Gasteiger partial charge < -0.3 is 20.1 Å². The van der Waals surface area contributed by atoms with Crippen LogP contribution in [0.5, 0.6) is 0 Å².